The Balaban J connectivity index is 3.85. The molecule has 0 fully saturated rings. The first-order valence-corrected chi connectivity index (χ1v) is 20.8. The fourth-order valence-electron chi connectivity index (χ4n) is 5.38. The lowest BCUT2D eigenvalue weighted by atomic mass is 10.0. The smallest absolute Gasteiger partial charge is 0.457 e. The molecule has 0 aromatic carbocycles. The highest BCUT2D eigenvalue weighted by Crippen LogP contribution is 2.43. The van der Waals surface area contributed by atoms with E-state index in [1.54, 1.807) is 0 Å². The van der Waals surface area contributed by atoms with Gasteiger partial charge in [0, 0.05) is 13.0 Å². The van der Waals surface area contributed by atoms with Gasteiger partial charge in [-0.2, -0.15) is 0 Å². The number of unbranched alkanes of at least 4 members (excludes halogenated alkanes) is 22. The fourth-order valence-corrected chi connectivity index (χ4v) is 6.12. The van der Waals surface area contributed by atoms with Crippen LogP contribution in [0.2, 0.25) is 0 Å². The molecule has 0 aromatic heterocycles. The zero-order valence-corrected chi connectivity index (χ0v) is 32.0. The summed E-state index contributed by atoms with van der Waals surface area (Å²) in [6.07, 6.45) is 30.7. The molecule has 46 heavy (non-hydrogen) atoms. The molecule has 0 aliphatic heterocycles. The van der Waals surface area contributed by atoms with E-state index in [0.29, 0.717) is 24.1 Å². The summed E-state index contributed by atoms with van der Waals surface area (Å²) in [7, 11) is 1.67. The Morgan fingerprint density at radius 2 is 1.00 bits per heavy atom. The van der Waals surface area contributed by atoms with Gasteiger partial charge in [-0.3, -0.25) is 13.8 Å². The van der Waals surface area contributed by atoms with Crippen LogP contribution in [0.1, 0.15) is 174 Å². The molecule has 0 bridgehead atoms. The summed E-state index contributed by atoms with van der Waals surface area (Å²) >= 11 is 0. The lowest BCUT2D eigenvalue weighted by molar-refractivity contribution is -0.870. The molecule has 9 heteroatoms. The van der Waals surface area contributed by atoms with Crippen LogP contribution in [0.3, 0.4) is 0 Å². The van der Waals surface area contributed by atoms with E-state index in [1.165, 1.54) is 122 Å². The molecule has 0 rings (SSSR count). The number of rotatable bonds is 36. The maximum Gasteiger partial charge on any atom is 0.472 e. The first kappa shape index (κ1) is 45.5. The van der Waals surface area contributed by atoms with Gasteiger partial charge in [0.05, 0.1) is 34.4 Å². The molecule has 0 aliphatic carbocycles. The molecule has 0 heterocycles. The average Bonchev–Trinajstić information content (AvgIpc) is 2.99. The molecular formula is C37H77NO7P+. The molecule has 0 amide bonds. The number of hydrogen-bond acceptors (Lipinski definition) is 6. The minimum atomic E-state index is -4.24. The van der Waals surface area contributed by atoms with Crippen LogP contribution in [0.15, 0.2) is 0 Å². The van der Waals surface area contributed by atoms with E-state index in [-0.39, 0.29) is 25.8 Å². The van der Waals surface area contributed by atoms with Crippen molar-refractivity contribution in [1.82, 2.24) is 0 Å². The average molecular weight is 679 g/mol. The Morgan fingerprint density at radius 3 is 1.43 bits per heavy atom. The van der Waals surface area contributed by atoms with Gasteiger partial charge in [-0.15, -0.1) is 0 Å². The molecule has 0 spiro atoms. The van der Waals surface area contributed by atoms with Crippen LogP contribution in [-0.4, -0.2) is 75.6 Å². The van der Waals surface area contributed by atoms with Crippen LogP contribution in [0, 0.1) is 0 Å². The van der Waals surface area contributed by atoms with E-state index in [4.69, 9.17) is 18.5 Å². The van der Waals surface area contributed by atoms with E-state index in [9.17, 15) is 14.3 Å². The van der Waals surface area contributed by atoms with E-state index < -0.39 is 13.9 Å². The Labute approximate surface area is 285 Å². The molecule has 2 unspecified atom stereocenters. The van der Waals surface area contributed by atoms with E-state index in [0.717, 1.165) is 32.1 Å². The lowest BCUT2D eigenvalue weighted by Crippen LogP contribution is -2.37. The number of phosphoric acid groups is 1. The second kappa shape index (κ2) is 31.7. The summed E-state index contributed by atoms with van der Waals surface area (Å²) in [6, 6.07) is 0. The zero-order chi connectivity index (χ0) is 34.2. The first-order chi connectivity index (χ1) is 22.1. The van der Waals surface area contributed by atoms with Crippen LogP contribution in [-0.2, 0) is 27.9 Å². The molecule has 2 atom stereocenters. The van der Waals surface area contributed by atoms with Crippen molar-refractivity contribution in [2.45, 2.75) is 180 Å². The van der Waals surface area contributed by atoms with Crippen molar-refractivity contribution < 1.29 is 37.3 Å². The number of likely N-dealkylation sites (N-methyl/N-ethyl adjacent to an activating group) is 1. The number of hydrogen-bond donors (Lipinski definition) is 1. The van der Waals surface area contributed by atoms with Gasteiger partial charge in [-0.05, 0) is 12.8 Å². The van der Waals surface area contributed by atoms with Crippen molar-refractivity contribution >= 4 is 13.8 Å². The van der Waals surface area contributed by atoms with Crippen molar-refractivity contribution in [2.75, 3.05) is 54.1 Å². The molecule has 0 saturated carbocycles. The molecule has 276 valence electrons. The summed E-state index contributed by atoms with van der Waals surface area (Å²) in [5, 5.41) is 0. The van der Waals surface area contributed by atoms with E-state index >= 15 is 0 Å². The highest BCUT2D eigenvalue weighted by atomic mass is 31.2. The van der Waals surface area contributed by atoms with Gasteiger partial charge in [-0.25, -0.2) is 4.57 Å². The summed E-state index contributed by atoms with van der Waals surface area (Å²) in [6.45, 7) is 5.48. The van der Waals surface area contributed by atoms with Crippen LogP contribution in [0.25, 0.3) is 0 Å². The largest absolute Gasteiger partial charge is 0.472 e. The van der Waals surface area contributed by atoms with Gasteiger partial charge < -0.3 is 18.9 Å². The van der Waals surface area contributed by atoms with Crippen LogP contribution in [0.4, 0.5) is 0 Å². The van der Waals surface area contributed by atoms with E-state index in [1.807, 2.05) is 21.1 Å². The predicted octanol–water partition coefficient (Wildman–Crippen LogP) is 10.5. The lowest BCUT2D eigenvalue weighted by Gasteiger charge is -2.24. The number of carbonyl (C=O) groups is 1. The van der Waals surface area contributed by atoms with Gasteiger partial charge in [0.15, 0.2) is 0 Å². The zero-order valence-electron chi connectivity index (χ0n) is 31.1. The Hall–Kier alpha value is -0.500. The number of nitrogens with zero attached hydrogens (tertiary/aromatic N) is 1. The molecule has 0 aliphatic rings. The molecular weight excluding hydrogens is 601 g/mol. The molecule has 0 saturated heterocycles. The van der Waals surface area contributed by atoms with Crippen molar-refractivity contribution in [3.63, 3.8) is 0 Å². The van der Waals surface area contributed by atoms with Gasteiger partial charge in [-0.1, -0.05) is 155 Å². The SMILES string of the molecule is CCCCCCCCCCCCCCCCCCCCCCCOCC(COP(=O)(O)OCC[N+](C)(C)C)OC(=O)CCCCC. The summed E-state index contributed by atoms with van der Waals surface area (Å²) in [4.78, 5) is 22.3. The minimum absolute atomic E-state index is 0.0920. The summed E-state index contributed by atoms with van der Waals surface area (Å²) in [5.41, 5.74) is 0. The number of esters is 1. The highest BCUT2D eigenvalue weighted by Gasteiger charge is 2.26. The maximum absolute atomic E-state index is 12.3. The topological polar surface area (TPSA) is 91.3 Å². The second-order valence-electron chi connectivity index (χ2n) is 14.3. The van der Waals surface area contributed by atoms with Crippen molar-refractivity contribution in [1.29, 1.82) is 0 Å². The summed E-state index contributed by atoms with van der Waals surface area (Å²) in [5.74, 6) is -0.335. The van der Waals surface area contributed by atoms with E-state index in [2.05, 4.69) is 13.8 Å². The summed E-state index contributed by atoms with van der Waals surface area (Å²) < 4.78 is 34.5. The first-order valence-electron chi connectivity index (χ1n) is 19.3. The molecule has 0 aromatic rings. The standard InChI is InChI=1S/C37H76NO7P/c1-6-8-10-11-12-13-14-15-16-17-18-19-20-21-22-23-24-25-26-27-29-32-42-34-36(45-37(39)30-28-9-7-2)35-44-46(40,41)43-33-31-38(3,4)5/h36H,6-35H2,1-5H3/p+1. The van der Waals surface area contributed by atoms with Gasteiger partial charge in [0.25, 0.3) is 0 Å². The van der Waals surface area contributed by atoms with Crippen LogP contribution >= 0.6 is 7.82 Å². The monoisotopic (exact) mass is 679 g/mol. The minimum Gasteiger partial charge on any atom is -0.457 e. The number of ether oxygens (including phenoxy) is 2. The normalized spacial score (nSPS) is 14.0. The predicted molar refractivity (Wildman–Crippen MR) is 192 cm³/mol. The highest BCUT2D eigenvalue weighted by molar-refractivity contribution is 7.47. The second-order valence-corrected chi connectivity index (χ2v) is 15.8. The van der Waals surface area contributed by atoms with Crippen LogP contribution < -0.4 is 0 Å². The van der Waals surface area contributed by atoms with Gasteiger partial charge in [0.2, 0.25) is 0 Å². The van der Waals surface area contributed by atoms with Gasteiger partial charge >= 0.3 is 13.8 Å². The third-order valence-electron chi connectivity index (χ3n) is 8.42. The van der Waals surface area contributed by atoms with Crippen molar-refractivity contribution in [3.05, 3.63) is 0 Å². The van der Waals surface area contributed by atoms with Crippen LogP contribution in [0.5, 0.6) is 0 Å². The number of phosphoric ester groups is 1. The molecule has 0 radical (unpaired) electrons. The Kier molecular flexibility index (Phi) is 31.4. The maximum atomic E-state index is 12.3. The van der Waals surface area contributed by atoms with Gasteiger partial charge in [0.1, 0.15) is 19.3 Å². The number of quaternary nitrogens is 1. The quantitative estimate of drug-likeness (QED) is 0.0305. The van der Waals surface area contributed by atoms with Crippen molar-refractivity contribution in [2.24, 2.45) is 0 Å². The Morgan fingerprint density at radius 1 is 0.587 bits per heavy atom. The third-order valence-corrected chi connectivity index (χ3v) is 9.40. The third kappa shape index (κ3) is 34.8. The molecule has 8 nitrogen and oxygen atoms in total. The van der Waals surface area contributed by atoms with Crippen molar-refractivity contribution in [3.8, 4) is 0 Å². The Bertz CT molecular complexity index is 716. The fraction of sp³-hybridized carbons (Fsp3) is 0.973. The molecule has 1 N–H and O–H groups in total. The number of carbonyl (C=O) groups excluding carboxylic acids is 1.